The summed E-state index contributed by atoms with van der Waals surface area (Å²) in [7, 11) is 2.91. The molecule has 0 amide bonds. The highest BCUT2D eigenvalue weighted by Crippen LogP contribution is 2.45. The van der Waals surface area contributed by atoms with Gasteiger partial charge in [0.05, 0.1) is 6.61 Å². The monoisotopic (exact) mass is 439 g/mol. The van der Waals surface area contributed by atoms with Gasteiger partial charge in [-0.2, -0.15) is 0 Å². The number of unbranched alkanes of at least 4 members (excludes halogenated alkanes) is 5. The molecule has 0 heterocycles. The molecule has 0 rings (SSSR count). The minimum atomic E-state index is -1.09. The molecule has 0 fully saturated rings. The first-order valence-electron chi connectivity index (χ1n) is 11.1. The van der Waals surface area contributed by atoms with Crippen molar-refractivity contribution in [3.63, 3.8) is 0 Å². The molecule has 0 aromatic heterocycles. The molecule has 0 aromatic carbocycles. The SMILES string of the molecule is [2H]CCCCCSSCCCCCCOP(O/C=N/CC)N(C(C)C)C(C)C. The van der Waals surface area contributed by atoms with Crippen LogP contribution in [0.5, 0.6) is 0 Å². The lowest BCUT2D eigenvalue weighted by molar-refractivity contribution is 0.213. The van der Waals surface area contributed by atoms with E-state index in [1.54, 1.807) is 6.40 Å². The lowest BCUT2D eigenvalue weighted by atomic mass is 10.2. The largest absolute Gasteiger partial charge is 0.425 e. The van der Waals surface area contributed by atoms with Crippen molar-refractivity contribution in [1.82, 2.24) is 4.67 Å². The Labute approximate surface area is 179 Å². The Kier molecular flexibility index (Phi) is 18.8. The zero-order valence-electron chi connectivity index (χ0n) is 19.2. The van der Waals surface area contributed by atoms with Gasteiger partial charge in [0.25, 0.3) is 0 Å². The average molecular weight is 440 g/mol. The molecule has 27 heavy (non-hydrogen) atoms. The molecule has 1 unspecified atom stereocenters. The molecule has 0 saturated carbocycles. The third kappa shape index (κ3) is 16.0. The molecule has 162 valence electrons. The Hall–Kier alpha value is 0.520. The fraction of sp³-hybridized carbons (Fsp3) is 0.950. The van der Waals surface area contributed by atoms with Gasteiger partial charge in [0.2, 0.25) is 0 Å². The summed E-state index contributed by atoms with van der Waals surface area (Å²) in [6.07, 6.45) is 9.92. The van der Waals surface area contributed by atoms with E-state index in [9.17, 15) is 0 Å². The summed E-state index contributed by atoms with van der Waals surface area (Å²) in [6, 6.07) is 0.755. The van der Waals surface area contributed by atoms with E-state index in [1.807, 2.05) is 28.5 Å². The first-order chi connectivity index (χ1) is 13.5. The van der Waals surface area contributed by atoms with Crippen LogP contribution in [0.3, 0.4) is 0 Å². The summed E-state index contributed by atoms with van der Waals surface area (Å²) in [5.41, 5.74) is 0. The summed E-state index contributed by atoms with van der Waals surface area (Å²) in [5, 5.41) is 0. The van der Waals surface area contributed by atoms with Crippen molar-refractivity contribution in [2.24, 2.45) is 4.99 Å². The van der Waals surface area contributed by atoms with E-state index >= 15 is 0 Å². The van der Waals surface area contributed by atoms with E-state index in [0.29, 0.717) is 19.0 Å². The molecule has 0 N–H and O–H groups in total. The standard InChI is InChI=1S/C20H43N2O2PS2/c1-7-9-13-16-26-27-17-14-11-10-12-15-23-25(24-18-21-8-2)22(19(3)4)20(5)6/h18-20H,7-17H2,1-6H3/b21-18+/i1D. The second-order valence-corrected chi connectivity index (χ2v) is 11.1. The molecular formula is C20H43N2O2PS2. The van der Waals surface area contributed by atoms with Gasteiger partial charge in [0.15, 0.2) is 6.40 Å². The van der Waals surface area contributed by atoms with Crippen LogP contribution in [0.2, 0.25) is 0 Å². The zero-order valence-corrected chi connectivity index (χ0v) is 20.7. The fourth-order valence-electron chi connectivity index (χ4n) is 2.49. The first kappa shape index (κ1) is 25.6. The van der Waals surface area contributed by atoms with Crippen LogP contribution < -0.4 is 0 Å². The van der Waals surface area contributed by atoms with Crippen molar-refractivity contribution >= 4 is 36.5 Å². The smallest absolute Gasteiger partial charge is 0.322 e. The van der Waals surface area contributed by atoms with Crippen molar-refractivity contribution in [3.05, 3.63) is 0 Å². The van der Waals surface area contributed by atoms with Crippen LogP contribution in [0.4, 0.5) is 0 Å². The quantitative estimate of drug-likeness (QED) is 0.0682. The third-order valence-corrected chi connectivity index (χ3v) is 8.33. The third-order valence-electron chi connectivity index (χ3n) is 3.78. The summed E-state index contributed by atoms with van der Waals surface area (Å²) >= 11 is 0. The van der Waals surface area contributed by atoms with Gasteiger partial charge >= 0.3 is 8.53 Å². The van der Waals surface area contributed by atoms with Crippen molar-refractivity contribution in [3.8, 4) is 0 Å². The normalized spacial score (nSPS) is 13.9. The van der Waals surface area contributed by atoms with E-state index in [1.165, 1.54) is 43.6 Å². The van der Waals surface area contributed by atoms with Crippen LogP contribution in [0.15, 0.2) is 4.99 Å². The van der Waals surface area contributed by atoms with Crippen LogP contribution >= 0.6 is 30.1 Å². The van der Waals surface area contributed by atoms with Gasteiger partial charge in [-0.15, -0.1) is 0 Å². The minimum Gasteiger partial charge on any atom is -0.425 e. The van der Waals surface area contributed by atoms with Gasteiger partial charge in [-0.25, -0.2) is 4.67 Å². The number of rotatable bonds is 19. The number of hydrogen-bond acceptors (Lipinski definition) is 6. The predicted molar refractivity (Wildman–Crippen MR) is 128 cm³/mol. The molecule has 4 nitrogen and oxygen atoms in total. The second-order valence-electron chi connectivity index (χ2n) is 6.97. The first-order valence-corrected chi connectivity index (χ1v) is 14.1. The van der Waals surface area contributed by atoms with Crippen LogP contribution in [-0.2, 0) is 9.05 Å². The molecular weight excluding hydrogens is 395 g/mol. The summed E-state index contributed by atoms with van der Waals surface area (Å²) < 4.78 is 21.4. The molecule has 7 heteroatoms. The van der Waals surface area contributed by atoms with Crippen molar-refractivity contribution in [1.29, 1.82) is 0 Å². The Balaban J connectivity index is 3.85. The lowest BCUT2D eigenvalue weighted by Gasteiger charge is -2.34. The summed E-state index contributed by atoms with van der Waals surface area (Å²) in [6.45, 7) is 12.8. The van der Waals surface area contributed by atoms with Gasteiger partial charge in [-0.05, 0) is 53.9 Å². The van der Waals surface area contributed by atoms with Crippen molar-refractivity contribution in [2.75, 3.05) is 24.7 Å². The van der Waals surface area contributed by atoms with Crippen molar-refractivity contribution < 1.29 is 10.4 Å². The topological polar surface area (TPSA) is 34.1 Å². The van der Waals surface area contributed by atoms with Gasteiger partial charge < -0.3 is 9.05 Å². The van der Waals surface area contributed by atoms with Gasteiger partial charge in [0, 0.05) is 31.5 Å². The van der Waals surface area contributed by atoms with E-state index in [-0.39, 0.29) is 0 Å². The van der Waals surface area contributed by atoms with Gasteiger partial charge in [0.1, 0.15) is 0 Å². The second kappa shape index (κ2) is 19.8. The highest BCUT2D eigenvalue weighted by atomic mass is 33.1. The minimum absolute atomic E-state index is 0.377. The highest BCUT2D eigenvalue weighted by Gasteiger charge is 2.27. The number of hydrogen-bond donors (Lipinski definition) is 0. The Morgan fingerprint density at radius 3 is 2.22 bits per heavy atom. The van der Waals surface area contributed by atoms with Crippen molar-refractivity contribution in [2.45, 2.75) is 98.5 Å². The van der Waals surface area contributed by atoms with Gasteiger partial charge in [-0.3, -0.25) is 4.99 Å². The van der Waals surface area contributed by atoms with E-state index in [2.05, 4.69) is 37.4 Å². The Morgan fingerprint density at radius 1 is 1.00 bits per heavy atom. The maximum atomic E-state index is 7.13. The Morgan fingerprint density at radius 2 is 1.63 bits per heavy atom. The maximum Gasteiger partial charge on any atom is 0.322 e. The number of aliphatic imine (C=N–C) groups is 1. The fourth-order valence-corrected chi connectivity index (χ4v) is 6.27. The molecule has 0 aliphatic carbocycles. The van der Waals surface area contributed by atoms with Crippen LogP contribution in [-0.4, -0.2) is 47.8 Å². The summed E-state index contributed by atoms with van der Waals surface area (Å²) in [4.78, 5) is 4.18. The summed E-state index contributed by atoms with van der Waals surface area (Å²) in [5.74, 6) is 2.47. The lowest BCUT2D eigenvalue weighted by Crippen LogP contribution is -2.33. The van der Waals surface area contributed by atoms with Gasteiger partial charge in [-0.1, -0.05) is 54.2 Å². The van der Waals surface area contributed by atoms with Crippen LogP contribution in [0, 0.1) is 0 Å². The van der Waals surface area contributed by atoms with E-state index in [4.69, 9.17) is 10.4 Å². The number of nitrogens with zero attached hydrogens (tertiary/aromatic N) is 2. The molecule has 0 saturated heterocycles. The predicted octanol–water partition coefficient (Wildman–Crippen LogP) is 7.55. The van der Waals surface area contributed by atoms with Crippen LogP contribution in [0.25, 0.3) is 0 Å². The van der Waals surface area contributed by atoms with Crippen LogP contribution in [0.1, 0.15) is 87.8 Å². The molecule has 0 bridgehead atoms. The Bertz CT molecular complexity index is 359. The van der Waals surface area contributed by atoms with E-state index < -0.39 is 8.53 Å². The molecule has 0 radical (unpaired) electrons. The van der Waals surface area contributed by atoms with E-state index in [0.717, 1.165) is 26.0 Å². The molecule has 0 aliphatic rings. The maximum absolute atomic E-state index is 7.13. The zero-order chi connectivity index (χ0) is 21.0. The molecule has 1 atom stereocenters. The highest BCUT2D eigenvalue weighted by molar-refractivity contribution is 8.76. The molecule has 0 aliphatic heterocycles. The molecule has 0 aromatic rings. The molecule has 0 spiro atoms. The average Bonchev–Trinajstić information content (AvgIpc) is 2.64.